The molecule has 1 aromatic heterocycles. The van der Waals surface area contributed by atoms with Crippen molar-refractivity contribution < 1.29 is 12.9 Å². The summed E-state index contributed by atoms with van der Waals surface area (Å²) in [4.78, 5) is 4.32. The van der Waals surface area contributed by atoms with Crippen molar-refractivity contribution in [2.75, 3.05) is 6.26 Å². The molecule has 4 unspecified atom stereocenters. The molecule has 1 N–H and O–H groups in total. The summed E-state index contributed by atoms with van der Waals surface area (Å²) in [5, 5.41) is 6.75. The van der Waals surface area contributed by atoms with E-state index in [0.717, 1.165) is 12.3 Å². The molecule has 1 aliphatic carbocycles. The maximum Gasteiger partial charge on any atom is 0.243 e. The van der Waals surface area contributed by atoms with Crippen LogP contribution in [-0.4, -0.2) is 30.9 Å². The van der Waals surface area contributed by atoms with Gasteiger partial charge in [0.05, 0.1) is 6.04 Å². The van der Waals surface area contributed by atoms with Crippen molar-refractivity contribution in [3.05, 3.63) is 11.7 Å². The number of sulfone groups is 1. The third kappa shape index (κ3) is 3.13. The Hall–Kier alpha value is -0.950. The van der Waals surface area contributed by atoms with Crippen molar-refractivity contribution >= 4 is 9.84 Å². The zero-order valence-electron chi connectivity index (χ0n) is 12.6. The van der Waals surface area contributed by atoms with Crippen molar-refractivity contribution in [1.82, 2.24) is 15.5 Å². The Morgan fingerprint density at radius 3 is 2.76 bits per heavy atom. The lowest BCUT2D eigenvalue weighted by atomic mass is 9.78. The highest BCUT2D eigenvalue weighted by Crippen LogP contribution is 2.36. The van der Waals surface area contributed by atoms with E-state index in [2.05, 4.69) is 15.5 Å². The summed E-state index contributed by atoms with van der Waals surface area (Å²) < 4.78 is 28.4. The summed E-state index contributed by atoms with van der Waals surface area (Å²) in [5.74, 6) is 1.57. The molecule has 2 aliphatic rings. The maximum atomic E-state index is 11.6. The van der Waals surface area contributed by atoms with Gasteiger partial charge in [-0.3, -0.25) is 0 Å². The second kappa shape index (κ2) is 5.68. The molecular weight excluding hydrogens is 290 g/mol. The van der Waals surface area contributed by atoms with E-state index in [4.69, 9.17) is 4.52 Å². The topological polar surface area (TPSA) is 85.1 Å². The molecule has 0 amide bonds. The predicted octanol–water partition coefficient (Wildman–Crippen LogP) is 2.16. The number of piperidine rings is 1. The van der Waals surface area contributed by atoms with E-state index >= 15 is 0 Å². The van der Waals surface area contributed by atoms with Crippen LogP contribution >= 0.6 is 0 Å². The smallest absolute Gasteiger partial charge is 0.243 e. The molecule has 0 aromatic carbocycles. The molecule has 4 atom stereocenters. The number of nitrogens with zero attached hydrogens (tertiary/aromatic N) is 2. The van der Waals surface area contributed by atoms with Crippen LogP contribution < -0.4 is 5.32 Å². The summed E-state index contributed by atoms with van der Waals surface area (Å²) in [6.45, 7) is 1.59. The third-order valence-corrected chi connectivity index (χ3v) is 6.41. The maximum absolute atomic E-state index is 11.6. The summed E-state index contributed by atoms with van der Waals surface area (Å²) in [7, 11) is -3.20. The fraction of sp³-hybridized carbons (Fsp3) is 0.857. The Labute approximate surface area is 125 Å². The highest BCUT2D eigenvalue weighted by Gasteiger charge is 2.35. The summed E-state index contributed by atoms with van der Waals surface area (Å²) in [5.41, 5.74) is 0. The molecule has 7 heteroatoms. The van der Waals surface area contributed by atoms with Crippen LogP contribution in [0.4, 0.5) is 0 Å². The van der Waals surface area contributed by atoms with E-state index in [0.29, 0.717) is 11.9 Å². The van der Waals surface area contributed by atoms with Crippen LogP contribution in [0.5, 0.6) is 0 Å². The van der Waals surface area contributed by atoms with Gasteiger partial charge in [-0.15, -0.1) is 0 Å². The van der Waals surface area contributed by atoms with E-state index in [1.54, 1.807) is 6.92 Å². The second-order valence-corrected chi connectivity index (χ2v) is 8.78. The number of hydrogen-bond acceptors (Lipinski definition) is 6. The van der Waals surface area contributed by atoms with Gasteiger partial charge < -0.3 is 9.84 Å². The summed E-state index contributed by atoms with van der Waals surface area (Å²) >= 11 is 0. The minimum Gasteiger partial charge on any atom is -0.338 e. The zero-order valence-corrected chi connectivity index (χ0v) is 13.4. The van der Waals surface area contributed by atoms with Gasteiger partial charge in [0.25, 0.3) is 0 Å². The van der Waals surface area contributed by atoms with E-state index in [-0.39, 0.29) is 11.9 Å². The van der Waals surface area contributed by atoms with Crippen LogP contribution in [0.2, 0.25) is 0 Å². The lowest BCUT2D eigenvalue weighted by molar-refractivity contribution is 0.158. The molecule has 21 heavy (non-hydrogen) atoms. The van der Waals surface area contributed by atoms with Gasteiger partial charge >= 0.3 is 0 Å². The average Bonchev–Trinajstić information content (AvgIpc) is 2.94. The molecule has 1 saturated heterocycles. The first kappa shape index (κ1) is 15.0. The molecular formula is C14H23N3O3S. The summed E-state index contributed by atoms with van der Waals surface area (Å²) in [6.07, 6.45) is 8.49. The monoisotopic (exact) mass is 313 g/mol. The van der Waals surface area contributed by atoms with Crippen LogP contribution in [0, 0.1) is 5.92 Å². The normalized spacial score (nSPS) is 31.6. The first-order valence-electron chi connectivity index (χ1n) is 7.73. The molecule has 0 spiro atoms. The standard InChI is InChI=1S/C14H23N3O3S/c1-9(21(2,18)19)13-16-14(20-17-13)12-8-7-10-5-3-4-6-11(10)15-12/h9-12,15H,3-8H2,1-2H3. The molecule has 2 heterocycles. The zero-order chi connectivity index (χ0) is 15.0. The highest BCUT2D eigenvalue weighted by molar-refractivity contribution is 7.90. The number of aromatic nitrogens is 2. The lowest BCUT2D eigenvalue weighted by Gasteiger charge is -2.39. The SMILES string of the molecule is CC(c1noc(C2CCC3CCCCC3N2)n1)S(C)(=O)=O. The van der Waals surface area contributed by atoms with Crippen molar-refractivity contribution in [3.63, 3.8) is 0 Å². The molecule has 1 aromatic rings. The van der Waals surface area contributed by atoms with Gasteiger partial charge in [-0.05, 0) is 38.5 Å². The van der Waals surface area contributed by atoms with E-state index in [9.17, 15) is 8.42 Å². The molecule has 0 bridgehead atoms. The predicted molar refractivity (Wildman–Crippen MR) is 78.4 cm³/mol. The Morgan fingerprint density at radius 2 is 2.00 bits per heavy atom. The minimum absolute atomic E-state index is 0.0670. The van der Waals surface area contributed by atoms with Crippen molar-refractivity contribution in [3.8, 4) is 0 Å². The molecule has 3 rings (SSSR count). The fourth-order valence-electron chi connectivity index (χ4n) is 3.44. The molecule has 118 valence electrons. The quantitative estimate of drug-likeness (QED) is 0.920. The lowest BCUT2D eigenvalue weighted by Crippen LogP contribution is -2.44. The first-order valence-corrected chi connectivity index (χ1v) is 9.69. The van der Waals surface area contributed by atoms with Crippen LogP contribution in [0.3, 0.4) is 0 Å². The van der Waals surface area contributed by atoms with Gasteiger partial charge in [0, 0.05) is 12.3 Å². The van der Waals surface area contributed by atoms with Crippen LogP contribution in [-0.2, 0) is 9.84 Å². The molecule has 6 nitrogen and oxygen atoms in total. The van der Waals surface area contributed by atoms with E-state index < -0.39 is 15.1 Å². The largest absolute Gasteiger partial charge is 0.338 e. The Bertz CT molecular complexity index is 598. The van der Waals surface area contributed by atoms with Crippen LogP contribution in [0.15, 0.2) is 4.52 Å². The minimum atomic E-state index is -3.20. The number of nitrogens with one attached hydrogen (secondary N) is 1. The number of rotatable bonds is 3. The second-order valence-electron chi connectivity index (χ2n) is 6.41. The Balaban J connectivity index is 1.72. The van der Waals surface area contributed by atoms with Gasteiger partial charge in [-0.25, -0.2) is 8.42 Å². The first-order chi connectivity index (χ1) is 9.95. The summed E-state index contributed by atoms with van der Waals surface area (Å²) in [6, 6.07) is 0.609. The van der Waals surface area contributed by atoms with Crippen LogP contribution in [0.25, 0.3) is 0 Å². The third-order valence-electron chi connectivity index (χ3n) is 4.91. The molecule has 2 fully saturated rings. The van der Waals surface area contributed by atoms with Gasteiger partial charge in [-0.2, -0.15) is 4.98 Å². The molecule has 0 radical (unpaired) electrons. The van der Waals surface area contributed by atoms with E-state index in [1.165, 1.54) is 38.4 Å². The molecule has 1 aliphatic heterocycles. The Kier molecular flexibility index (Phi) is 4.05. The highest BCUT2D eigenvalue weighted by atomic mass is 32.2. The Morgan fingerprint density at radius 1 is 1.24 bits per heavy atom. The van der Waals surface area contributed by atoms with Crippen LogP contribution in [0.1, 0.15) is 68.5 Å². The van der Waals surface area contributed by atoms with Gasteiger partial charge in [0.1, 0.15) is 5.25 Å². The van der Waals surface area contributed by atoms with Gasteiger partial charge in [0.15, 0.2) is 15.7 Å². The average molecular weight is 313 g/mol. The number of hydrogen-bond donors (Lipinski definition) is 1. The van der Waals surface area contributed by atoms with Crippen molar-refractivity contribution in [2.45, 2.75) is 62.8 Å². The van der Waals surface area contributed by atoms with Gasteiger partial charge in [-0.1, -0.05) is 18.0 Å². The van der Waals surface area contributed by atoms with Gasteiger partial charge in [0.2, 0.25) is 5.89 Å². The number of fused-ring (bicyclic) bond motifs is 1. The fourth-order valence-corrected chi connectivity index (χ4v) is 3.91. The van der Waals surface area contributed by atoms with Crippen molar-refractivity contribution in [1.29, 1.82) is 0 Å². The van der Waals surface area contributed by atoms with Crippen molar-refractivity contribution in [2.24, 2.45) is 5.92 Å². The van der Waals surface area contributed by atoms with E-state index in [1.807, 2.05) is 0 Å². The molecule has 1 saturated carbocycles.